The quantitative estimate of drug-likeness (QED) is 0.780. The Balaban J connectivity index is 2.20. The molecule has 6 heteroatoms. The monoisotopic (exact) mass is 222 g/mol. The summed E-state index contributed by atoms with van der Waals surface area (Å²) in [5, 5.41) is 11.0. The number of ether oxygens (including phenoxy) is 1. The predicted molar refractivity (Wildman–Crippen MR) is 47.0 cm³/mol. The van der Waals surface area contributed by atoms with E-state index in [1.165, 1.54) is 6.07 Å². The standard InChI is InChI=1S/C9H13F3N2O/c10-9(11,12)8(3-13)5-14-4-7-1-2-15-6-7/h7-8,14H,1-2,4-6H2. The highest BCUT2D eigenvalue weighted by atomic mass is 19.4. The Hall–Kier alpha value is -0.800. The maximum Gasteiger partial charge on any atom is 0.405 e. The molecule has 0 aromatic rings. The lowest BCUT2D eigenvalue weighted by molar-refractivity contribution is -0.157. The number of hydrogen-bond acceptors (Lipinski definition) is 3. The first kappa shape index (κ1) is 12.3. The van der Waals surface area contributed by atoms with Crippen molar-refractivity contribution in [3.05, 3.63) is 0 Å². The van der Waals surface area contributed by atoms with Crippen molar-refractivity contribution in [1.82, 2.24) is 5.32 Å². The number of nitriles is 1. The third-order valence-corrected chi connectivity index (χ3v) is 2.36. The van der Waals surface area contributed by atoms with Crippen LogP contribution in [0.25, 0.3) is 0 Å². The molecule has 1 aliphatic rings. The summed E-state index contributed by atoms with van der Waals surface area (Å²) in [4.78, 5) is 0. The molecule has 1 saturated heterocycles. The van der Waals surface area contributed by atoms with Crippen LogP contribution in [0.4, 0.5) is 13.2 Å². The van der Waals surface area contributed by atoms with Gasteiger partial charge in [0.05, 0.1) is 12.7 Å². The summed E-state index contributed by atoms with van der Waals surface area (Å²) in [5.41, 5.74) is 0. The van der Waals surface area contributed by atoms with Gasteiger partial charge >= 0.3 is 6.18 Å². The highest BCUT2D eigenvalue weighted by Crippen LogP contribution is 2.24. The summed E-state index contributed by atoms with van der Waals surface area (Å²) < 4.78 is 41.5. The molecule has 3 nitrogen and oxygen atoms in total. The maximum atomic E-state index is 12.1. The number of nitrogens with one attached hydrogen (secondary N) is 1. The Kier molecular flexibility index (Phi) is 4.36. The van der Waals surface area contributed by atoms with Gasteiger partial charge in [-0.1, -0.05) is 0 Å². The molecule has 86 valence electrons. The zero-order chi connectivity index (χ0) is 11.3. The molecule has 0 aliphatic carbocycles. The average molecular weight is 222 g/mol. The summed E-state index contributed by atoms with van der Waals surface area (Å²) in [6.45, 7) is 1.41. The van der Waals surface area contributed by atoms with Crippen LogP contribution in [0, 0.1) is 23.2 Å². The molecule has 0 spiro atoms. The van der Waals surface area contributed by atoms with Crippen molar-refractivity contribution in [1.29, 1.82) is 5.26 Å². The Labute approximate surface area is 86.2 Å². The van der Waals surface area contributed by atoms with Gasteiger partial charge in [0.25, 0.3) is 0 Å². The molecule has 1 fully saturated rings. The van der Waals surface area contributed by atoms with Crippen molar-refractivity contribution < 1.29 is 17.9 Å². The third kappa shape index (κ3) is 4.06. The normalized spacial score (nSPS) is 23.7. The van der Waals surface area contributed by atoms with E-state index in [2.05, 4.69) is 5.32 Å². The molecule has 0 radical (unpaired) electrons. The summed E-state index contributed by atoms with van der Waals surface area (Å²) in [6, 6.07) is 1.25. The minimum absolute atomic E-state index is 0.276. The molecule has 2 unspecified atom stereocenters. The SMILES string of the molecule is N#CC(CNCC1CCOC1)C(F)(F)F. The number of halogens is 3. The highest BCUT2D eigenvalue weighted by molar-refractivity contribution is 4.90. The van der Waals surface area contributed by atoms with Crippen LogP contribution < -0.4 is 5.32 Å². The van der Waals surface area contributed by atoms with E-state index in [0.29, 0.717) is 19.8 Å². The van der Waals surface area contributed by atoms with Crippen molar-refractivity contribution in [3.8, 4) is 6.07 Å². The minimum atomic E-state index is -4.44. The van der Waals surface area contributed by atoms with Crippen LogP contribution >= 0.6 is 0 Å². The number of nitrogens with zero attached hydrogens (tertiary/aromatic N) is 1. The second-order valence-corrected chi connectivity index (χ2v) is 3.61. The van der Waals surface area contributed by atoms with Gasteiger partial charge in [-0.05, 0) is 12.3 Å². The molecule has 0 saturated carbocycles. The topological polar surface area (TPSA) is 45.0 Å². The minimum Gasteiger partial charge on any atom is -0.381 e. The van der Waals surface area contributed by atoms with Crippen LogP contribution in [-0.2, 0) is 4.74 Å². The van der Waals surface area contributed by atoms with Crippen LogP contribution in [0.3, 0.4) is 0 Å². The Morgan fingerprint density at radius 2 is 2.27 bits per heavy atom. The number of hydrogen-bond donors (Lipinski definition) is 1. The Morgan fingerprint density at radius 1 is 1.53 bits per heavy atom. The first-order valence-electron chi connectivity index (χ1n) is 4.79. The maximum absolute atomic E-state index is 12.1. The van der Waals surface area contributed by atoms with E-state index < -0.39 is 12.1 Å². The molecule has 1 rings (SSSR count). The van der Waals surface area contributed by atoms with E-state index in [9.17, 15) is 13.2 Å². The van der Waals surface area contributed by atoms with Gasteiger partial charge < -0.3 is 10.1 Å². The van der Waals surface area contributed by atoms with E-state index in [1.54, 1.807) is 0 Å². The van der Waals surface area contributed by atoms with Crippen molar-refractivity contribution in [2.24, 2.45) is 11.8 Å². The lowest BCUT2D eigenvalue weighted by Gasteiger charge is -2.15. The van der Waals surface area contributed by atoms with Crippen molar-refractivity contribution in [2.75, 3.05) is 26.3 Å². The van der Waals surface area contributed by atoms with E-state index in [-0.39, 0.29) is 12.5 Å². The predicted octanol–water partition coefficient (Wildman–Crippen LogP) is 1.31. The fraction of sp³-hybridized carbons (Fsp3) is 0.889. The molecule has 1 N–H and O–H groups in total. The molecule has 2 atom stereocenters. The Morgan fingerprint density at radius 3 is 2.73 bits per heavy atom. The molecule has 0 aromatic heterocycles. The van der Waals surface area contributed by atoms with Gasteiger partial charge in [-0.15, -0.1) is 0 Å². The molecule has 0 aromatic carbocycles. The Bertz CT molecular complexity index is 230. The fourth-order valence-corrected chi connectivity index (χ4v) is 1.41. The molecule has 15 heavy (non-hydrogen) atoms. The van der Waals surface area contributed by atoms with E-state index >= 15 is 0 Å². The summed E-state index contributed by atoms with van der Waals surface area (Å²) in [6.07, 6.45) is -3.57. The molecule has 0 bridgehead atoms. The van der Waals surface area contributed by atoms with Gasteiger partial charge in [0.1, 0.15) is 0 Å². The van der Waals surface area contributed by atoms with Gasteiger partial charge in [0.15, 0.2) is 5.92 Å². The average Bonchev–Trinajstić information content (AvgIpc) is 2.62. The van der Waals surface area contributed by atoms with Crippen LogP contribution in [0.2, 0.25) is 0 Å². The van der Waals surface area contributed by atoms with Crippen LogP contribution in [0.5, 0.6) is 0 Å². The summed E-state index contributed by atoms with van der Waals surface area (Å²) in [5.74, 6) is -1.64. The van der Waals surface area contributed by atoms with E-state index in [4.69, 9.17) is 10.00 Å². The second kappa shape index (κ2) is 5.33. The highest BCUT2D eigenvalue weighted by Gasteiger charge is 2.39. The van der Waals surface area contributed by atoms with Crippen LogP contribution in [0.1, 0.15) is 6.42 Å². The van der Waals surface area contributed by atoms with Crippen LogP contribution in [0.15, 0.2) is 0 Å². The zero-order valence-corrected chi connectivity index (χ0v) is 8.18. The van der Waals surface area contributed by atoms with E-state index in [0.717, 1.165) is 6.42 Å². The summed E-state index contributed by atoms with van der Waals surface area (Å²) in [7, 11) is 0. The van der Waals surface area contributed by atoms with Gasteiger partial charge in [0.2, 0.25) is 0 Å². The third-order valence-electron chi connectivity index (χ3n) is 2.36. The van der Waals surface area contributed by atoms with Gasteiger partial charge in [-0.3, -0.25) is 0 Å². The van der Waals surface area contributed by atoms with Crippen molar-refractivity contribution in [3.63, 3.8) is 0 Å². The first-order chi connectivity index (χ1) is 7.04. The largest absolute Gasteiger partial charge is 0.405 e. The van der Waals surface area contributed by atoms with Gasteiger partial charge in [0, 0.05) is 19.7 Å². The smallest absolute Gasteiger partial charge is 0.381 e. The molecular formula is C9H13F3N2O. The number of rotatable bonds is 4. The lowest BCUT2D eigenvalue weighted by atomic mass is 10.1. The fourth-order valence-electron chi connectivity index (χ4n) is 1.41. The van der Waals surface area contributed by atoms with Crippen LogP contribution in [-0.4, -0.2) is 32.5 Å². The molecular weight excluding hydrogens is 209 g/mol. The van der Waals surface area contributed by atoms with Crippen molar-refractivity contribution in [2.45, 2.75) is 12.6 Å². The van der Waals surface area contributed by atoms with Gasteiger partial charge in [-0.25, -0.2) is 0 Å². The lowest BCUT2D eigenvalue weighted by Crippen LogP contribution is -2.35. The summed E-state index contributed by atoms with van der Waals surface area (Å²) >= 11 is 0. The first-order valence-corrected chi connectivity index (χ1v) is 4.79. The second-order valence-electron chi connectivity index (χ2n) is 3.61. The zero-order valence-electron chi connectivity index (χ0n) is 8.18. The molecule has 1 aliphatic heterocycles. The van der Waals surface area contributed by atoms with Gasteiger partial charge in [-0.2, -0.15) is 18.4 Å². The van der Waals surface area contributed by atoms with Crippen molar-refractivity contribution >= 4 is 0 Å². The molecule has 0 amide bonds. The molecule has 1 heterocycles. The number of alkyl halides is 3. The van der Waals surface area contributed by atoms with E-state index in [1.807, 2.05) is 0 Å².